The van der Waals surface area contributed by atoms with Crippen molar-refractivity contribution in [1.29, 1.82) is 0 Å². The maximum Gasteiger partial charge on any atom is 0.272 e. The first-order valence-electron chi connectivity index (χ1n) is 7.45. The van der Waals surface area contributed by atoms with Crippen LogP contribution in [0.4, 0.5) is 0 Å². The average Bonchev–Trinajstić information content (AvgIpc) is 2.55. The van der Waals surface area contributed by atoms with E-state index < -0.39 is 6.10 Å². The summed E-state index contributed by atoms with van der Waals surface area (Å²) in [5.74, 6) is 0.342. The molecule has 0 aliphatic carbocycles. The van der Waals surface area contributed by atoms with Crippen LogP contribution in [0.1, 0.15) is 0 Å². The third-order valence-electron chi connectivity index (χ3n) is 3.75. The van der Waals surface area contributed by atoms with Gasteiger partial charge < -0.3 is 15.2 Å². The minimum Gasteiger partial charge on any atom is -0.473 e. The number of rotatable bonds is 5. The molecule has 0 spiro atoms. The first-order chi connectivity index (χ1) is 10.7. The Morgan fingerprint density at radius 1 is 1.27 bits per heavy atom. The van der Waals surface area contributed by atoms with Gasteiger partial charge in [0, 0.05) is 32.7 Å². The SMILES string of the molecule is O=c1[nH]nc(OCC(O)CN2CCNCC2)c2ccccc12. The second-order valence-corrected chi connectivity index (χ2v) is 5.42. The van der Waals surface area contributed by atoms with Crippen molar-refractivity contribution in [3.8, 4) is 5.88 Å². The Bertz CT molecular complexity index is 682. The molecule has 3 N–H and O–H groups in total. The highest BCUT2D eigenvalue weighted by Gasteiger charge is 2.15. The number of hydrogen-bond donors (Lipinski definition) is 3. The number of aromatic amines is 1. The first kappa shape index (κ1) is 15.0. The van der Waals surface area contributed by atoms with E-state index in [1.807, 2.05) is 6.07 Å². The molecule has 0 radical (unpaired) electrons. The van der Waals surface area contributed by atoms with Crippen LogP contribution < -0.4 is 15.6 Å². The topological polar surface area (TPSA) is 90.5 Å². The van der Waals surface area contributed by atoms with Gasteiger partial charge in [0.1, 0.15) is 12.7 Å². The van der Waals surface area contributed by atoms with E-state index in [2.05, 4.69) is 20.4 Å². The van der Waals surface area contributed by atoms with E-state index in [-0.39, 0.29) is 12.2 Å². The van der Waals surface area contributed by atoms with Crippen molar-refractivity contribution in [2.75, 3.05) is 39.3 Å². The Hall–Kier alpha value is -1.96. The second kappa shape index (κ2) is 6.87. The molecule has 0 saturated carbocycles. The molecule has 1 aromatic carbocycles. The van der Waals surface area contributed by atoms with Crippen molar-refractivity contribution >= 4 is 10.8 Å². The highest BCUT2D eigenvalue weighted by atomic mass is 16.5. The van der Waals surface area contributed by atoms with Crippen molar-refractivity contribution in [3.63, 3.8) is 0 Å². The Morgan fingerprint density at radius 3 is 2.77 bits per heavy atom. The second-order valence-electron chi connectivity index (χ2n) is 5.42. The van der Waals surface area contributed by atoms with Crippen molar-refractivity contribution < 1.29 is 9.84 Å². The van der Waals surface area contributed by atoms with E-state index in [1.54, 1.807) is 18.2 Å². The number of hydrogen-bond acceptors (Lipinski definition) is 6. The molecule has 1 aliphatic heterocycles. The quantitative estimate of drug-likeness (QED) is 0.694. The minimum absolute atomic E-state index is 0.146. The Labute approximate surface area is 127 Å². The van der Waals surface area contributed by atoms with E-state index in [0.29, 0.717) is 23.2 Å². The van der Waals surface area contributed by atoms with Gasteiger partial charge in [-0.1, -0.05) is 12.1 Å². The van der Waals surface area contributed by atoms with Crippen LogP contribution in [-0.4, -0.2) is 65.6 Å². The summed E-state index contributed by atoms with van der Waals surface area (Å²) in [6.07, 6.45) is -0.592. The van der Waals surface area contributed by atoms with Gasteiger partial charge in [-0.3, -0.25) is 9.69 Å². The number of aliphatic hydroxyl groups is 1. The number of ether oxygens (including phenoxy) is 1. The summed E-state index contributed by atoms with van der Waals surface area (Å²) >= 11 is 0. The average molecular weight is 304 g/mol. The Morgan fingerprint density at radius 2 is 2.00 bits per heavy atom. The molecule has 2 heterocycles. The summed E-state index contributed by atoms with van der Waals surface area (Å²) < 4.78 is 5.60. The predicted octanol–water partition coefficient (Wildman–Crippen LogP) is -0.432. The van der Waals surface area contributed by atoms with Crippen LogP contribution in [-0.2, 0) is 0 Å². The van der Waals surface area contributed by atoms with Crippen LogP contribution in [0.15, 0.2) is 29.1 Å². The molecule has 7 heteroatoms. The maximum atomic E-state index is 11.7. The van der Waals surface area contributed by atoms with Crippen LogP contribution >= 0.6 is 0 Å². The summed E-state index contributed by atoms with van der Waals surface area (Å²) in [5.41, 5.74) is -0.246. The lowest BCUT2D eigenvalue weighted by atomic mass is 10.2. The smallest absolute Gasteiger partial charge is 0.272 e. The lowest BCUT2D eigenvalue weighted by Crippen LogP contribution is -2.47. The molecule has 1 fully saturated rings. The Balaban J connectivity index is 1.63. The van der Waals surface area contributed by atoms with E-state index >= 15 is 0 Å². The summed E-state index contributed by atoms with van der Waals surface area (Å²) in [4.78, 5) is 13.9. The molecule has 7 nitrogen and oxygen atoms in total. The van der Waals surface area contributed by atoms with Gasteiger partial charge in [0.05, 0.1) is 10.8 Å². The van der Waals surface area contributed by atoms with Crippen LogP contribution in [0.2, 0.25) is 0 Å². The summed E-state index contributed by atoms with van der Waals surface area (Å²) in [7, 11) is 0. The standard InChI is InChI=1S/C15H20N4O3/c20-11(9-19-7-5-16-6-8-19)10-22-15-13-4-2-1-3-12(13)14(21)17-18-15/h1-4,11,16,20H,5-10H2,(H,17,21). The zero-order valence-electron chi connectivity index (χ0n) is 12.3. The lowest BCUT2D eigenvalue weighted by Gasteiger charge is -2.28. The largest absolute Gasteiger partial charge is 0.473 e. The number of aliphatic hydroxyl groups excluding tert-OH is 1. The van der Waals surface area contributed by atoms with Crippen LogP contribution in [0, 0.1) is 0 Å². The number of β-amino-alcohol motifs (C(OH)–C–C–N with tert-alkyl or cyclic N) is 1. The normalized spacial score (nSPS) is 17.5. The van der Waals surface area contributed by atoms with Crippen molar-refractivity contribution in [2.45, 2.75) is 6.10 Å². The molecule has 1 unspecified atom stereocenters. The van der Waals surface area contributed by atoms with Crippen LogP contribution in [0.5, 0.6) is 5.88 Å². The van der Waals surface area contributed by atoms with E-state index in [0.717, 1.165) is 26.2 Å². The van der Waals surface area contributed by atoms with Gasteiger partial charge in [-0.2, -0.15) is 0 Å². The number of benzene rings is 1. The number of H-pyrrole nitrogens is 1. The fourth-order valence-electron chi connectivity index (χ4n) is 2.62. The van der Waals surface area contributed by atoms with Gasteiger partial charge >= 0.3 is 0 Å². The maximum absolute atomic E-state index is 11.7. The monoisotopic (exact) mass is 304 g/mol. The lowest BCUT2D eigenvalue weighted by molar-refractivity contribution is 0.0628. The van der Waals surface area contributed by atoms with Gasteiger partial charge in [-0.05, 0) is 12.1 Å². The number of aromatic nitrogens is 2. The zero-order valence-corrected chi connectivity index (χ0v) is 12.3. The van der Waals surface area contributed by atoms with Crippen molar-refractivity contribution in [2.24, 2.45) is 0 Å². The summed E-state index contributed by atoms with van der Waals surface area (Å²) in [6.45, 7) is 4.46. The third kappa shape index (κ3) is 3.44. The highest BCUT2D eigenvalue weighted by molar-refractivity contribution is 5.85. The zero-order chi connectivity index (χ0) is 15.4. The van der Waals surface area contributed by atoms with E-state index in [9.17, 15) is 9.90 Å². The molecular formula is C15H20N4O3. The minimum atomic E-state index is -0.592. The molecule has 1 aliphatic rings. The Kier molecular flexibility index (Phi) is 4.67. The molecule has 2 aromatic rings. The van der Waals surface area contributed by atoms with Crippen molar-refractivity contribution in [3.05, 3.63) is 34.6 Å². The van der Waals surface area contributed by atoms with Crippen LogP contribution in [0.3, 0.4) is 0 Å². The van der Waals surface area contributed by atoms with Gasteiger partial charge in [-0.15, -0.1) is 5.10 Å². The molecule has 1 atom stereocenters. The molecule has 1 aromatic heterocycles. The van der Waals surface area contributed by atoms with Gasteiger partial charge in [-0.25, -0.2) is 5.10 Å². The van der Waals surface area contributed by atoms with Crippen molar-refractivity contribution in [1.82, 2.24) is 20.4 Å². The van der Waals surface area contributed by atoms with E-state index in [4.69, 9.17) is 4.74 Å². The fraction of sp³-hybridized carbons (Fsp3) is 0.467. The van der Waals surface area contributed by atoms with Gasteiger partial charge in [0.2, 0.25) is 5.88 Å². The number of fused-ring (bicyclic) bond motifs is 1. The molecule has 118 valence electrons. The summed E-state index contributed by atoms with van der Waals surface area (Å²) in [6, 6.07) is 7.13. The number of piperazine rings is 1. The molecular weight excluding hydrogens is 284 g/mol. The first-order valence-corrected chi connectivity index (χ1v) is 7.45. The fourth-order valence-corrected chi connectivity index (χ4v) is 2.62. The molecule has 1 saturated heterocycles. The molecule has 0 bridgehead atoms. The number of nitrogens with zero attached hydrogens (tertiary/aromatic N) is 2. The third-order valence-corrected chi connectivity index (χ3v) is 3.75. The van der Waals surface area contributed by atoms with Gasteiger partial charge in [0.15, 0.2) is 0 Å². The van der Waals surface area contributed by atoms with Crippen LogP contribution in [0.25, 0.3) is 10.8 Å². The molecule has 3 rings (SSSR count). The molecule has 0 amide bonds. The predicted molar refractivity (Wildman–Crippen MR) is 83.2 cm³/mol. The van der Waals surface area contributed by atoms with E-state index in [1.165, 1.54) is 0 Å². The van der Waals surface area contributed by atoms with Gasteiger partial charge in [0.25, 0.3) is 5.56 Å². The molecule has 22 heavy (non-hydrogen) atoms. The highest BCUT2D eigenvalue weighted by Crippen LogP contribution is 2.19. The number of nitrogens with one attached hydrogen (secondary N) is 2. The summed E-state index contributed by atoms with van der Waals surface area (Å²) in [5, 5.41) is 20.9.